The van der Waals surface area contributed by atoms with Gasteiger partial charge in [0, 0.05) is 12.6 Å². The molecule has 3 heteroatoms. The highest BCUT2D eigenvalue weighted by Crippen LogP contribution is 2.26. The Labute approximate surface area is 89.9 Å². The maximum absolute atomic E-state index is 6.16. The molecule has 80 valence electrons. The summed E-state index contributed by atoms with van der Waals surface area (Å²) in [6, 6.07) is 6.11. The van der Waals surface area contributed by atoms with Crippen LogP contribution in [-0.2, 0) is 12.6 Å². The molecule has 0 radical (unpaired) electrons. The molecule has 3 nitrogen and oxygen atoms in total. The molecule has 2 rings (SSSR count). The third-order valence-corrected chi connectivity index (χ3v) is 2.81. The summed E-state index contributed by atoms with van der Waals surface area (Å²) in [7, 11) is 2.03. The number of nitrogens with two attached hydrogens (primary N) is 1. The third-order valence-electron chi connectivity index (χ3n) is 2.81. The lowest BCUT2D eigenvalue weighted by Crippen LogP contribution is -2.29. The van der Waals surface area contributed by atoms with Crippen molar-refractivity contribution >= 4 is 11.0 Å². The van der Waals surface area contributed by atoms with Gasteiger partial charge < -0.3 is 10.3 Å². The van der Waals surface area contributed by atoms with Crippen LogP contribution in [0.1, 0.15) is 25.2 Å². The van der Waals surface area contributed by atoms with E-state index < -0.39 is 0 Å². The molecule has 2 N–H and O–H groups in total. The Kier molecular flexibility index (Phi) is 2.08. The summed E-state index contributed by atoms with van der Waals surface area (Å²) in [6.07, 6.45) is 0. The van der Waals surface area contributed by atoms with Crippen LogP contribution in [0.2, 0.25) is 0 Å². The molecule has 0 amide bonds. The van der Waals surface area contributed by atoms with Crippen molar-refractivity contribution in [2.45, 2.75) is 26.3 Å². The number of aromatic nitrogens is 2. The second kappa shape index (κ2) is 3.07. The van der Waals surface area contributed by atoms with Crippen LogP contribution < -0.4 is 5.73 Å². The maximum Gasteiger partial charge on any atom is 0.106 e. The van der Waals surface area contributed by atoms with Gasteiger partial charge in [-0.05, 0) is 32.4 Å². The van der Waals surface area contributed by atoms with Gasteiger partial charge in [0.1, 0.15) is 5.82 Å². The first-order valence-corrected chi connectivity index (χ1v) is 5.12. The molecule has 0 aliphatic rings. The number of rotatable bonds is 1. The Bertz CT molecular complexity index is 503. The van der Waals surface area contributed by atoms with Crippen LogP contribution in [-0.4, -0.2) is 9.55 Å². The van der Waals surface area contributed by atoms with Crippen LogP contribution in [0.4, 0.5) is 0 Å². The van der Waals surface area contributed by atoms with Gasteiger partial charge in [0.05, 0.1) is 11.0 Å². The van der Waals surface area contributed by atoms with Crippen molar-refractivity contribution in [1.82, 2.24) is 9.55 Å². The Morgan fingerprint density at radius 3 is 2.60 bits per heavy atom. The molecule has 1 heterocycles. The van der Waals surface area contributed by atoms with E-state index >= 15 is 0 Å². The van der Waals surface area contributed by atoms with Gasteiger partial charge in [-0.15, -0.1) is 0 Å². The number of nitrogens with zero attached hydrogens (tertiary/aromatic N) is 2. The Morgan fingerprint density at radius 2 is 2.00 bits per heavy atom. The van der Waals surface area contributed by atoms with Crippen molar-refractivity contribution in [2.24, 2.45) is 12.8 Å². The van der Waals surface area contributed by atoms with E-state index in [2.05, 4.69) is 15.6 Å². The Morgan fingerprint density at radius 1 is 1.33 bits per heavy atom. The summed E-state index contributed by atoms with van der Waals surface area (Å²) in [6.45, 7) is 6.04. The molecule has 0 fully saturated rings. The fourth-order valence-electron chi connectivity index (χ4n) is 1.91. The van der Waals surface area contributed by atoms with E-state index in [0.717, 1.165) is 22.4 Å². The number of aryl methyl sites for hydroxylation is 2. The quantitative estimate of drug-likeness (QED) is 0.771. The minimum atomic E-state index is -0.334. The third kappa shape index (κ3) is 1.53. The van der Waals surface area contributed by atoms with Crippen LogP contribution in [0.25, 0.3) is 11.0 Å². The first-order chi connectivity index (χ1) is 6.91. The highest BCUT2D eigenvalue weighted by molar-refractivity contribution is 5.80. The molecule has 0 unspecified atom stereocenters. The molecule has 0 atom stereocenters. The van der Waals surface area contributed by atoms with Crippen molar-refractivity contribution in [3.8, 4) is 0 Å². The smallest absolute Gasteiger partial charge is 0.106 e. The topological polar surface area (TPSA) is 43.8 Å². The van der Waals surface area contributed by atoms with Crippen LogP contribution in [0.5, 0.6) is 0 Å². The van der Waals surface area contributed by atoms with Gasteiger partial charge in [0.15, 0.2) is 0 Å². The van der Waals surface area contributed by atoms with Gasteiger partial charge in [-0.2, -0.15) is 0 Å². The number of hydrogen-bond acceptors (Lipinski definition) is 2. The number of imidazole rings is 1. The normalized spacial score (nSPS) is 12.3. The van der Waals surface area contributed by atoms with E-state index in [1.807, 2.05) is 40.0 Å². The van der Waals surface area contributed by atoms with E-state index in [0.29, 0.717) is 0 Å². The van der Waals surface area contributed by atoms with Crippen molar-refractivity contribution in [3.05, 3.63) is 29.6 Å². The molecule has 0 bridgehead atoms. The van der Waals surface area contributed by atoms with Gasteiger partial charge in [-0.25, -0.2) is 4.98 Å². The number of hydrogen-bond donors (Lipinski definition) is 1. The lowest BCUT2D eigenvalue weighted by Gasteiger charge is -2.20. The molecule has 2 aromatic rings. The van der Waals surface area contributed by atoms with Gasteiger partial charge in [-0.3, -0.25) is 0 Å². The summed E-state index contributed by atoms with van der Waals surface area (Å²) in [5.41, 5.74) is 9.13. The van der Waals surface area contributed by atoms with Crippen LogP contribution >= 0.6 is 0 Å². The highest BCUT2D eigenvalue weighted by atomic mass is 15.1. The minimum absolute atomic E-state index is 0.334. The number of fused-ring (bicyclic) bond motifs is 1. The molecule has 0 aliphatic heterocycles. The number of para-hydroxylation sites is 1. The molecule has 0 spiro atoms. The molecule has 0 saturated carbocycles. The highest BCUT2D eigenvalue weighted by Gasteiger charge is 2.19. The second-order valence-corrected chi connectivity index (χ2v) is 4.61. The van der Waals surface area contributed by atoms with Crippen molar-refractivity contribution in [1.29, 1.82) is 0 Å². The van der Waals surface area contributed by atoms with Gasteiger partial charge >= 0.3 is 0 Å². The summed E-state index contributed by atoms with van der Waals surface area (Å²) >= 11 is 0. The molecular weight excluding hydrogens is 186 g/mol. The Balaban J connectivity index is 2.86. The Hall–Kier alpha value is -1.35. The minimum Gasteiger partial charge on any atom is -0.331 e. The van der Waals surface area contributed by atoms with Crippen molar-refractivity contribution in [2.75, 3.05) is 0 Å². The largest absolute Gasteiger partial charge is 0.331 e. The molecule has 15 heavy (non-hydrogen) atoms. The zero-order valence-electron chi connectivity index (χ0n) is 9.70. The van der Waals surface area contributed by atoms with E-state index in [4.69, 9.17) is 5.73 Å². The van der Waals surface area contributed by atoms with Gasteiger partial charge in [0.2, 0.25) is 0 Å². The zero-order valence-corrected chi connectivity index (χ0v) is 9.70. The summed E-state index contributed by atoms with van der Waals surface area (Å²) in [4.78, 5) is 4.49. The summed E-state index contributed by atoms with van der Waals surface area (Å²) in [5.74, 6) is 1.02. The lowest BCUT2D eigenvalue weighted by atomic mass is 9.94. The molecular formula is C12H17N3. The fourth-order valence-corrected chi connectivity index (χ4v) is 1.91. The van der Waals surface area contributed by atoms with Gasteiger partial charge in [0.25, 0.3) is 0 Å². The van der Waals surface area contributed by atoms with Crippen molar-refractivity contribution in [3.63, 3.8) is 0 Å². The fraction of sp³-hybridized carbons (Fsp3) is 0.417. The molecule has 1 aromatic carbocycles. The first-order valence-electron chi connectivity index (χ1n) is 5.12. The predicted octanol–water partition coefficient (Wildman–Crippen LogP) is 2.08. The molecule has 0 aliphatic carbocycles. The molecule has 0 saturated heterocycles. The van der Waals surface area contributed by atoms with E-state index in [1.54, 1.807) is 0 Å². The van der Waals surface area contributed by atoms with E-state index in [1.165, 1.54) is 0 Å². The SMILES string of the molecule is Cc1nc2cccc(C(C)(C)N)c2n1C. The van der Waals surface area contributed by atoms with Crippen LogP contribution in [0.15, 0.2) is 18.2 Å². The summed E-state index contributed by atoms with van der Waals surface area (Å²) < 4.78 is 2.10. The molecule has 1 aromatic heterocycles. The first kappa shape index (κ1) is 10.2. The average Bonchev–Trinajstić information content (AvgIpc) is 2.41. The van der Waals surface area contributed by atoms with E-state index in [9.17, 15) is 0 Å². The average molecular weight is 203 g/mol. The summed E-state index contributed by atoms with van der Waals surface area (Å²) in [5, 5.41) is 0. The van der Waals surface area contributed by atoms with Crippen LogP contribution in [0, 0.1) is 6.92 Å². The standard InChI is InChI=1S/C12H17N3/c1-8-14-10-7-5-6-9(12(2,3)13)11(10)15(8)4/h5-7H,13H2,1-4H3. The maximum atomic E-state index is 6.16. The number of benzene rings is 1. The predicted molar refractivity (Wildman–Crippen MR) is 62.7 cm³/mol. The second-order valence-electron chi connectivity index (χ2n) is 4.61. The van der Waals surface area contributed by atoms with E-state index in [-0.39, 0.29) is 5.54 Å². The monoisotopic (exact) mass is 203 g/mol. The van der Waals surface area contributed by atoms with Crippen LogP contribution in [0.3, 0.4) is 0 Å². The zero-order chi connectivity index (χ0) is 11.2. The van der Waals surface area contributed by atoms with Crippen molar-refractivity contribution < 1.29 is 0 Å². The lowest BCUT2D eigenvalue weighted by molar-refractivity contribution is 0.557. The van der Waals surface area contributed by atoms with Gasteiger partial charge in [-0.1, -0.05) is 12.1 Å².